The van der Waals surface area contributed by atoms with E-state index in [0.29, 0.717) is 22.7 Å². The Bertz CT molecular complexity index is 1280. The lowest BCUT2D eigenvalue weighted by Crippen LogP contribution is -2.10. The van der Waals surface area contributed by atoms with Crippen LogP contribution in [0.1, 0.15) is 38.8 Å². The van der Waals surface area contributed by atoms with E-state index in [-0.39, 0.29) is 46.0 Å². The molecule has 7 heteroatoms. The van der Waals surface area contributed by atoms with E-state index in [1.54, 1.807) is 12.1 Å². The highest BCUT2D eigenvalue weighted by atomic mass is 35.5. The van der Waals surface area contributed by atoms with Gasteiger partial charge in [-0.3, -0.25) is 9.78 Å². The number of benzene rings is 1. The fraction of sp³-hybridized carbons (Fsp3) is 0.280. The topological polar surface area (TPSA) is 92.8 Å². The number of hydrogen-bond acceptors (Lipinski definition) is 6. The zero-order chi connectivity index (χ0) is 23.6. The molecule has 2 N–H and O–H groups in total. The van der Waals surface area contributed by atoms with Crippen LogP contribution < -0.4 is 10.2 Å². The smallest absolute Gasteiger partial charge is 0.239 e. The lowest BCUT2D eigenvalue weighted by Gasteiger charge is -2.16. The van der Waals surface area contributed by atoms with Gasteiger partial charge in [-0.1, -0.05) is 34.9 Å². The molecule has 0 radical (unpaired) electrons. The summed E-state index contributed by atoms with van der Waals surface area (Å²) in [6.45, 7) is 7.71. The number of phenols is 2. The van der Waals surface area contributed by atoms with E-state index in [2.05, 4.69) is 4.98 Å². The number of ether oxygens (including phenoxy) is 1. The molecule has 0 saturated heterocycles. The molecule has 3 rings (SSSR count). The molecule has 32 heavy (non-hydrogen) atoms. The van der Waals surface area contributed by atoms with Crippen molar-refractivity contribution in [2.75, 3.05) is 7.11 Å². The molecule has 2 aromatic heterocycles. The first kappa shape index (κ1) is 23.4. The average Bonchev–Trinajstić information content (AvgIpc) is 2.73. The number of rotatable bonds is 6. The van der Waals surface area contributed by atoms with Gasteiger partial charge in [0, 0.05) is 17.3 Å². The summed E-state index contributed by atoms with van der Waals surface area (Å²) in [5, 5.41) is 22.4. The quantitative estimate of drug-likeness (QED) is 0.446. The van der Waals surface area contributed by atoms with Gasteiger partial charge in [-0.05, 0) is 52.7 Å². The highest BCUT2D eigenvalue weighted by Crippen LogP contribution is 2.42. The van der Waals surface area contributed by atoms with E-state index in [1.165, 1.54) is 13.3 Å². The Morgan fingerprint density at radius 3 is 2.22 bits per heavy atom. The lowest BCUT2D eigenvalue weighted by molar-refractivity contribution is 0.395. The third-order valence-corrected chi connectivity index (χ3v) is 5.26. The Balaban J connectivity index is 2.45. The Labute approximate surface area is 191 Å². The average molecular weight is 456 g/mol. The fourth-order valence-corrected chi connectivity index (χ4v) is 3.47. The summed E-state index contributed by atoms with van der Waals surface area (Å²) < 4.78 is 11.5. The van der Waals surface area contributed by atoms with Crippen LogP contribution in [0.15, 0.2) is 50.8 Å². The minimum absolute atomic E-state index is 0.0355. The van der Waals surface area contributed by atoms with Crippen molar-refractivity contribution in [1.82, 2.24) is 4.98 Å². The van der Waals surface area contributed by atoms with Crippen LogP contribution in [0.2, 0.25) is 5.02 Å². The maximum absolute atomic E-state index is 13.4. The van der Waals surface area contributed by atoms with Crippen molar-refractivity contribution in [2.24, 2.45) is 0 Å². The third-order valence-electron chi connectivity index (χ3n) is 5.03. The van der Waals surface area contributed by atoms with Crippen molar-refractivity contribution >= 4 is 22.6 Å². The van der Waals surface area contributed by atoms with E-state index in [4.69, 9.17) is 20.8 Å². The highest BCUT2D eigenvalue weighted by molar-refractivity contribution is 6.30. The number of aromatic nitrogens is 1. The summed E-state index contributed by atoms with van der Waals surface area (Å²) in [6.07, 6.45) is 5.80. The molecule has 0 spiro atoms. The summed E-state index contributed by atoms with van der Waals surface area (Å²) in [7, 11) is 1.35. The van der Waals surface area contributed by atoms with Crippen molar-refractivity contribution in [3.05, 3.63) is 68.0 Å². The molecule has 168 valence electrons. The number of pyridine rings is 1. The fourth-order valence-electron chi connectivity index (χ4n) is 3.36. The summed E-state index contributed by atoms with van der Waals surface area (Å²) in [4.78, 5) is 17.7. The Kier molecular flexibility index (Phi) is 6.94. The Morgan fingerprint density at radius 2 is 1.69 bits per heavy atom. The van der Waals surface area contributed by atoms with Crippen molar-refractivity contribution in [3.8, 4) is 28.7 Å². The first-order valence-electron chi connectivity index (χ1n) is 10.1. The SMILES string of the molecule is COc1c(-c2ccc(Cl)cn2)oc2c(CC=C(C)C)c(O)c(CC=C(C)C)c(O)c2c1=O. The molecule has 0 saturated carbocycles. The van der Waals surface area contributed by atoms with E-state index in [0.717, 1.165) is 11.1 Å². The van der Waals surface area contributed by atoms with Gasteiger partial charge in [0.1, 0.15) is 28.2 Å². The van der Waals surface area contributed by atoms with Crippen molar-refractivity contribution in [2.45, 2.75) is 40.5 Å². The van der Waals surface area contributed by atoms with E-state index in [1.807, 2.05) is 39.8 Å². The second kappa shape index (κ2) is 9.49. The predicted molar refractivity (Wildman–Crippen MR) is 127 cm³/mol. The zero-order valence-electron chi connectivity index (χ0n) is 18.7. The standard InChI is InChI=1S/C25H26ClNO5/c1-13(2)6-9-16-20(28)17(10-7-14(3)4)23-19(21(16)29)22(30)25(31-5)24(32-23)18-11-8-15(26)12-27-18/h6-8,11-12,28-29H,9-10H2,1-5H3. The molecule has 6 nitrogen and oxygen atoms in total. The minimum atomic E-state index is -0.546. The molecule has 3 aromatic rings. The second-order valence-corrected chi connectivity index (χ2v) is 8.42. The van der Waals surface area contributed by atoms with Crippen molar-refractivity contribution in [1.29, 1.82) is 0 Å². The number of halogens is 1. The van der Waals surface area contributed by atoms with E-state index in [9.17, 15) is 15.0 Å². The molecule has 0 fully saturated rings. The molecular formula is C25H26ClNO5. The monoisotopic (exact) mass is 455 g/mol. The van der Waals surface area contributed by atoms with Crippen molar-refractivity contribution < 1.29 is 19.4 Å². The van der Waals surface area contributed by atoms with Gasteiger partial charge in [0.05, 0.1) is 12.1 Å². The van der Waals surface area contributed by atoms with Crippen LogP contribution >= 0.6 is 11.6 Å². The first-order valence-corrected chi connectivity index (χ1v) is 10.5. The normalized spacial score (nSPS) is 10.8. The zero-order valence-corrected chi connectivity index (χ0v) is 19.5. The number of hydrogen-bond donors (Lipinski definition) is 2. The number of aromatic hydroxyl groups is 2. The Morgan fingerprint density at radius 1 is 1.06 bits per heavy atom. The Hall–Kier alpha value is -3.25. The molecule has 0 aliphatic carbocycles. The predicted octanol–water partition coefficient (Wildman–Crippen LogP) is 5.95. The van der Waals surface area contributed by atoms with Gasteiger partial charge in [-0.25, -0.2) is 0 Å². The maximum Gasteiger partial charge on any atom is 0.239 e. The first-order chi connectivity index (χ1) is 15.1. The van der Waals surface area contributed by atoms with Crippen LogP contribution in [-0.4, -0.2) is 22.3 Å². The van der Waals surface area contributed by atoms with Crippen LogP contribution in [0.5, 0.6) is 17.2 Å². The van der Waals surface area contributed by atoms with Crippen molar-refractivity contribution in [3.63, 3.8) is 0 Å². The summed E-state index contributed by atoms with van der Waals surface area (Å²) in [6, 6.07) is 3.22. The maximum atomic E-state index is 13.4. The molecule has 0 atom stereocenters. The van der Waals surface area contributed by atoms with Gasteiger partial charge in [-0.15, -0.1) is 0 Å². The van der Waals surface area contributed by atoms with Crippen LogP contribution in [0.3, 0.4) is 0 Å². The van der Waals surface area contributed by atoms with E-state index < -0.39 is 5.43 Å². The van der Waals surface area contributed by atoms with E-state index >= 15 is 0 Å². The lowest BCUT2D eigenvalue weighted by atomic mass is 9.96. The van der Waals surface area contributed by atoms with Crippen LogP contribution in [0.25, 0.3) is 22.4 Å². The molecule has 1 aromatic carbocycles. The molecule has 2 heterocycles. The largest absolute Gasteiger partial charge is 0.507 e. The molecule has 0 aliphatic heterocycles. The van der Waals surface area contributed by atoms with Gasteiger partial charge in [0.15, 0.2) is 5.76 Å². The molecule has 0 unspecified atom stereocenters. The second-order valence-electron chi connectivity index (χ2n) is 7.98. The summed E-state index contributed by atoms with van der Waals surface area (Å²) >= 11 is 5.94. The minimum Gasteiger partial charge on any atom is -0.507 e. The van der Waals surface area contributed by atoms with Crippen LogP contribution in [0.4, 0.5) is 0 Å². The number of nitrogens with zero attached hydrogens (tertiary/aromatic N) is 1. The van der Waals surface area contributed by atoms with Crippen LogP contribution in [0, 0.1) is 0 Å². The summed E-state index contributed by atoms with van der Waals surface area (Å²) in [5.41, 5.74) is 2.61. The van der Waals surface area contributed by atoms with Gasteiger partial charge >= 0.3 is 0 Å². The van der Waals surface area contributed by atoms with Gasteiger partial charge in [0.25, 0.3) is 0 Å². The number of fused-ring (bicyclic) bond motifs is 1. The molecule has 0 aliphatic rings. The van der Waals surface area contributed by atoms with Crippen LogP contribution in [-0.2, 0) is 12.8 Å². The summed E-state index contributed by atoms with van der Waals surface area (Å²) in [5.74, 6) is -0.419. The van der Waals surface area contributed by atoms with Gasteiger partial charge in [-0.2, -0.15) is 0 Å². The number of phenolic OH excluding ortho intramolecular Hbond substituents is 2. The number of allylic oxidation sites excluding steroid dienone is 4. The molecule has 0 bridgehead atoms. The molecule has 0 amide bonds. The number of methoxy groups -OCH3 is 1. The van der Waals surface area contributed by atoms with Gasteiger partial charge < -0.3 is 19.4 Å². The van der Waals surface area contributed by atoms with Gasteiger partial charge in [0.2, 0.25) is 11.2 Å². The molecular weight excluding hydrogens is 430 g/mol. The third kappa shape index (κ3) is 4.50. The highest BCUT2D eigenvalue weighted by Gasteiger charge is 2.26.